The molecule has 0 unspecified atom stereocenters. The van der Waals surface area contributed by atoms with Crippen molar-refractivity contribution in [1.82, 2.24) is 14.9 Å². The van der Waals surface area contributed by atoms with E-state index < -0.39 is 0 Å². The molecule has 1 aliphatic heterocycles. The lowest BCUT2D eigenvalue weighted by Crippen LogP contribution is -2.39. The van der Waals surface area contributed by atoms with Crippen LogP contribution in [0.1, 0.15) is 6.92 Å². The van der Waals surface area contributed by atoms with Gasteiger partial charge in [0.25, 0.3) is 0 Å². The van der Waals surface area contributed by atoms with E-state index in [9.17, 15) is 0 Å². The zero-order valence-corrected chi connectivity index (χ0v) is 10.8. The van der Waals surface area contributed by atoms with Gasteiger partial charge in [-0.3, -0.25) is 4.90 Å². The molecule has 1 fully saturated rings. The fraction of sp³-hybridized carbons (Fsp3) is 0.667. The molecule has 0 aliphatic carbocycles. The maximum Gasteiger partial charge on any atom is 0.225 e. The van der Waals surface area contributed by atoms with Crippen LogP contribution in [-0.2, 0) is 4.74 Å². The van der Waals surface area contributed by atoms with Gasteiger partial charge in [0.05, 0.1) is 19.8 Å². The van der Waals surface area contributed by atoms with Gasteiger partial charge in [-0.15, -0.1) is 0 Å². The molecule has 0 aromatic carbocycles. The second-order valence-corrected chi connectivity index (χ2v) is 4.03. The number of hydrogen-bond donors (Lipinski definition) is 1. The first kappa shape index (κ1) is 13.0. The van der Waals surface area contributed by atoms with E-state index in [2.05, 4.69) is 20.2 Å². The van der Waals surface area contributed by atoms with Crippen molar-refractivity contribution in [2.45, 2.75) is 6.92 Å². The molecule has 0 amide bonds. The van der Waals surface area contributed by atoms with Crippen molar-refractivity contribution in [2.75, 3.05) is 51.3 Å². The van der Waals surface area contributed by atoms with Gasteiger partial charge < -0.3 is 14.8 Å². The summed E-state index contributed by atoms with van der Waals surface area (Å²) in [6.07, 6.45) is 1.70. The van der Waals surface area contributed by atoms with Crippen molar-refractivity contribution in [3.63, 3.8) is 0 Å². The first-order valence-electron chi connectivity index (χ1n) is 6.38. The number of anilines is 1. The minimum atomic E-state index is 0.612. The molecule has 0 radical (unpaired) electrons. The normalized spacial score (nSPS) is 16.5. The highest BCUT2D eigenvalue weighted by Gasteiger charge is 2.09. The minimum Gasteiger partial charge on any atom is -0.478 e. The van der Waals surface area contributed by atoms with E-state index in [-0.39, 0.29) is 0 Å². The number of morpholine rings is 1. The zero-order valence-electron chi connectivity index (χ0n) is 10.8. The Morgan fingerprint density at radius 3 is 3.06 bits per heavy atom. The van der Waals surface area contributed by atoms with Gasteiger partial charge >= 0.3 is 0 Å². The van der Waals surface area contributed by atoms with Gasteiger partial charge in [-0.25, -0.2) is 4.98 Å². The van der Waals surface area contributed by atoms with Crippen LogP contribution in [0.25, 0.3) is 0 Å². The van der Waals surface area contributed by atoms with Gasteiger partial charge in [-0.1, -0.05) is 0 Å². The van der Waals surface area contributed by atoms with Crippen LogP contribution in [0.4, 0.5) is 5.95 Å². The highest BCUT2D eigenvalue weighted by molar-refractivity contribution is 5.27. The molecule has 100 valence electrons. The Kier molecular flexibility index (Phi) is 5.16. The molecule has 0 atom stereocenters. The van der Waals surface area contributed by atoms with Gasteiger partial charge in [-0.2, -0.15) is 4.98 Å². The molecule has 1 N–H and O–H groups in total. The molecule has 1 aliphatic rings. The number of hydrogen-bond acceptors (Lipinski definition) is 6. The molecule has 1 aromatic heterocycles. The summed E-state index contributed by atoms with van der Waals surface area (Å²) in [5.41, 5.74) is 0. The van der Waals surface area contributed by atoms with Gasteiger partial charge in [0, 0.05) is 38.4 Å². The molecule has 0 spiro atoms. The van der Waals surface area contributed by atoms with Crippen LogP contribution in [0, 0.1) is 0 Å². The first-order valence-corrected chi connectivity index (χ1v) is 6.38. The van der Waals surface area contributed by atoms with Crippen molar-refractivity contribution >= 4 is 5.95 Å². The standard InChI is InChI=1S/C12H20N4O2/c1-2-18-11-3-4-13-12(15-11)14-5-6-16-7-9-17-10-8-16/h3-4H,2,5-10H2,1H3,(H,13,14,15). The summed E-state index contributed by atoms with van der Waals surface area (Å²) in [5.74, 6) is 1.23. The van der Waals surface area contributed by atoms with Crippen LogP contribution < -0.4 is 10.1 Å². The molecule has 6 heteroatoms. The maximum absolute atomic E-state index is 5.32. The van der Waals surface area contributed by atoms with Crippen LogP contribution in [0.5, 0.6) is 5.88 Å². The summed E-state index contributed by atoms with van der Waals surface area (Å²) < 4.78 is 10.6. The molecular formula is C12H20N4O2. The van der Waals surface area contributed by atoms with Gasteiger partial charge in [-0.05, 0) is 6.92 Å². The summed E-state index contributed by atoms with van der Waals surface area (Å²) >= 11 is 0. The summed E-state index contributed by atoms with van der Waals surface area (Å²) in [4.78, 5) is 10.8. The fourth-order valence-electron chi connectivity index (χ4n) is 1.81. The van der Waals surface area contributed by atoms with Crippen molar-refractivity contribution in [3.8, 4) is 5.88 Å². The SMILES string of the molecule is CCOc1ccnc(NCCN2CCOCC2)n1. The third-order valence-electron chi connectivity index (χ3n) is 2.74. The molecule has 2 heterocycles. The molecule has 0 bridgehead atoms. The average Bonchev–Trinajstić information content (AvgIpc) is 2.41. The van der Waals surface area contributed by atoms with Gasteiger partial charge in [0.1, 0.15) is 0 Å². The van der Waals surface area contributed by atoms with E-state index in [1.807, 2.05) is 6.92 Å². The molecule has 18 heavy (non-hydrogen) atoms. The van der Waals surface area contributed by atoms with E-state index in [0.29, 0.717) is 18.4 Å². The summed E-state index contributed by atoms with van der Waals surface area (Å²) in [7, 11) is 0. The number of ether oxygens (including phenoxy) is 2. The van der Waals surface area contributed by atoms with Crippen molar-refractivity contribution in [2.24, 2.45) is 0 Å². The monoisotopic (exact) mass is 252 g/mol. The molecule has 1 saturated heterocycles. The molecule has 0 saturated carbocycles. The van der Waals surface area contributed by atoms with Crippen LogP contribution in [0.2, 0.25) is 0 Å². The number of nitrogens with zero attached hydrogens (tertiary/aromatic N) is 3. The van der Waals surface area contributed by atoms with E-state index in [0.717, 1.165) is 39.4 Å². The second kappa shape index (κ2) is 7.13. The maximum atomic E-state index is 5.32. The smallest absolute Gasteiger partial charge is 0.225 e. The van der Waals surface area contributed by atoms with Crippen molar-refractivity contribution < 1.29 is 9.47 Å². The Morgan fingerprint density at radius 2 is 2.28 bits per heavy atom. The zero-order chi connectivity index (χ0) is 12.6. The molecular weight excluding hydrogens is 232 g/mol. The highest BCUT2D eigenvalue weighted by Crippen LogP contribution is 2.07. The highest BCUT2D eigenvalue weighted by atomic mass is 16.5. The van der Waals surface area contributed by atoms with Gasteiger partial charge in [0.2, 0.25) is 11.8 Å². The van der Waals surface area contributed by atoms with Crippen molar-refractivity contribution in [3.05, 3.63) is 12.3 Å². The van der Waals surface area contributed by atoms with Crippen LogP contribution in [0.3, 0.4) is 0 Å². The molecule has 1 aromatic rings. The van der Waals surface area contributed by atoms with E-state index in [1.165, 1.54) is 0 Å². The first-order chi connectivity index (χ1) is 8.88. The number of rotatable bonds is 6. The van der Waals surface area contributed by atoms with Gasteiger partial charge in [0.15, 0.2) is 0 Å². The lowest BCUT2D eigenvalue weighted by Gasteiger charge is -2.26. The Morgan fingerprint density at radius 1 is 1.44 bits per heavy atom. The molecule has 6 nitrogen and oxygen atoms in total. The van der Waals surface area contributed by atoms with Crippen LogP contribution in [-0.4, -0.2) is 60.9 Å². The largest absolute Gasteiger partial charge is 0.478 e. The second-order valence-electron chi connectivity index (χ2n) is 4.03. The van der Waals surface area contributed by atoms with Crippen LogP contribution in [0.15, 0.2) is 12.3 Å². The van der Waals surface area contributed by atoms with E-state index >= 15 is 0 Å². The minimum absolute atomic E-state index is 0.612. The van der Waals surface area contributed by atoms with Crippen LogP contribution >= 0.6 is 0 Å². The molecule has 2 rings (SSSR count). The van der Waals surface area contributed by atoms with E-state index in [4.69, 9.17) is 9.47 Å². The summed E-state index contributed by atoms with van der Waals surface area (Å²) in [6, 6.07) is 1.76. The van der Waals surface area contributed by atoms with E-state index in [1.54, 1.807) is 12.3 Å². The predicted octanol–water partition coefficient (Wildman–Crippen LogP) is 0.619. The summed E-state index contributed by atoms with van der Waals surface area (Å²) in [5, 5.41) is 3.21. The number of aromatic nitrogens is 2. The van der Waals surface area contributed by atoms with Crippen molar-refractivity contribution in [1.29, 1.82) is 0 Å². The Balaban J connectivity index is 1.73. The predicted molar refractivity (Wildman–Crippen MR) is 68.9 cm³/mol. The lowest BCUT2D eigenvalue weighted by molar-refractivity contribution is 0.0398. The summed E-state index contributed by atoms with van der Waals surface area (Å²) in [6.45, 7) is 8.02. The lowest BCUT2D eigenvalue weighted by atomic mass is 10.4. The Hall–Kier alpha value is -1.40. The Labute approximate surface area is 107 Å². The third-order valence-corrected chi connectivity index (χ3v) is 2.74. The topological polar surface area (TPSA) is 59.5 Å². The third kappa shape index (κ3) is 4.12. The quantitative estimate of drug-likeness (QED) is 0.801. The Bertz CT molecular complexity index is 356. The number of nitrogens with one attached hydrogen (secondary N) is 1. The fourth-order valence-corrected chi connectivity index (χ4v) is 1.81. The average molecular weight is 252 g/mol.